The highest BCUT2D eigenvalue weighted by molar-refractivity contribution is 8.13. The summed E-state index contributed by atoms with van der Waals surface area (Å²) in [6.45, 7) is 12.5. The summed E-state index contributed by atoms with van der Waals surface area (Å²) in [5, 5.41) is 2.80. The molecule has 0 aliphatic carbocycles. The third-order valence-electron chi connectivity index (χ3n) is 4.17. The van der Waals surface area contributed by atoms with Gasteiger partial charge in [0.2, 0.25) is 5.82 Å². The summed E-state index contributed by atoms with van der Waals surface area (Å²) in [6.07, 6.45) is -1.61. The molecule has 0 radical (unpaired) electrons. The van der Waals surface area contributed by atoms with Crippen molar-refractivity contribution in [2.45, 2.75) is 52.4 Å². The first kappa shape index (κ1) is 25.6. The van der Waals surface area contributed by atoms with E-state index in [4.69, 9.17) is 18.9 Å². The molecule has 1 aromatic rings. The maximum absolute atomic E-state index is 12.5. The Bertz CT molecular complexity index is 706. The number of carbonyl (C=O) groups excluding carboxylic acids is 2. The lowest BCUT2D eigenvalue weighted by molar-refractivity contribution is -0.159. The molecule has 0 bridgehead atoms. The molecule has 1 fully saturated rings. The molecular formula is C19H32N4O6S2. The summed E-state index contributed by atoms with van der Waals surface area (Å²) in [5.74, 6) is 1.02. The van der Waals surface area contributed by atoms with Crippen molar-refractivity contribution in [2.24, 2.45) is 0 Å². The molecule has 0 unspecified atom stereocenters. The van der Waals surface area contributed by atoms with Gasteiger partial charge in [-0.15, -0.1) is 4.37 Å². The van der Waals surface area contributed by atoms with E-state index in [-0.39, 0.29) is 12.1 Å². The first-order chi connectivity index (χ1) is 14.7. The molecule has 1 aliphatic rings. The molecule has 0 saturated carbocycles. The van der Waals surface area contributed by atoms with E-state index in [1.807, 2.05) is 27.7 Å². The summed E-state index contributed by atoms with van der Waals surface area (Å²) < 4.78 is 30.5. The van der Waals surface area contributed by atoms with Gasteiger partial charge in [-0.2, -0.15) is 4.37 Å². The molecule has 1 aliphatic heterocycles. The third kappa shape index (κ3) is 9.17. The molecule has 2 atom stereocenters. The largest absolute Gasteiger partial charge is 0.470 e. The fourth-order valence-electron chi connectivity index (χ4n) is 2.57. The van der Waals surface area contributed by atoms with Crippen molar-refractivity contribution in [1.29, 1.82) is 0 Å². The lowest BCUT2D eigenvalue weighted by Gasteiger charge is -2.28. The van der Waals surface area contributed by atoms with Gasteiger partial charge >= 0.3 is 11.3 Å². The van der Waals surface area contributed by atoms with Gasteiger partial charge in [0.25, 0.3) is 5.88 Å². The predicted molar refractivity (Wildman–Crippen MR) is 120 cm³/mol. The fraction of sp³-hybridized carbons (Fsp3) is 0.789. The third-order valence-corrected chi connectivity index (χ3v) is 5.29. The molecule has 0 amide bonds. The highest BCUT2D eigenvalue weighted by Crippen LogP contribution is 2.26. The number of aromatic nitrogens is 2. The van der Waals surface area contributed by atoms with Gasteiger partial charge in [-0.25, -0.2) is 9.59 Å². The highest BCUT2D eigenvalue weighted by Gasteiger charge is 2.26. The van der Waals surface area contributed by atoms with Gasteiger partial charge in [0.05, 0.1) is 24.9 Å². The number of nitrogens with zero attached hydrogens (tertiary/aromatic N) is 3. The molecule has 1 saturated heterocycles. The number of rotatable bonds is 10. The van der Waals surface area contributed by atoms with Crippen molar-refractivity contribution in [3.63, 3.8) is 0 Å². The molecule has 0 spiro atoms. The minimum Gasteiger partial charge on any atom is -0.470 e. The van der Waals surface area contributed by atoms with Crippen LogP contribution < -0.4 is 15.0 Å². The second-order valence-electron chi connectivity index (χ2n) is 7.94. The molecule has 176 valence electrons. The van der Waals surface area contributed by atoms with Gasteiger partial charge in [0.15, 0.2) is 6.10 Å². The quantitative estimate of drug-likeness (QED) is 0.502. The Balaban J connectivity index is 1.97. The minimum absolute atomic E-state index is 0.0853. The van der Waals surface area contributed by atoms with E-state index in [0.717, 1.165) is 23.5 Å². The smallest absolute Gasteiger partial charge is 0.368 e. The number of esters is 1. The van der Waals surface area contributed by atoms with Gasteiger partial charge in [-0.05, 0) is 39.5 Å². The molecular weight excluding hydrogens is 444 g/mol. The standard InChI is InChI=1S/C19H32N4O6S2/c1-6-30-18(25)28-13(2)17(24)29-14(11-20-19(3,4)5)12-27-16-15(21-31-22-16)23-7-9-26-10-8-23/h13-14,20H,6-12H2,1-5H3/t13-,14-/m0/s1. The molecule has 1 aromatic heterocycles. The number of anilines is 1. The SMILES string of the molecule is CCSC(=O)O[C@@H](C)C(=O)O[C@@H](CNC(C)(C)C)COc1nsnc1N1CCOCC1. The van der Waals surface area contributed by atoms with Crippen LogP contribution in [0, 0.1) is 0 Å². The first-order valence-corrected chi connectivity index (χ1v) is 12.0. The van der Waals surface area contributed by atoms with Gasteiger partial charge in [0.1, 0.15) is 12.7 Å². The average Bonchev–Trinajstić information content (AvgIpc) is 3.18. The van der Waals surface area contributed by atoms with Crippen LogP contribution in [-0.2, 0) is 19.0 Å². The highest BCUT2D eigenvalue weighted by atomic mass is 32.2. The van der Waals surface area contributed by atoms with E-state index in [1.54, 1.807) is 0 Å². The van der Waals surface area contributed by atoms with Crippen LogP contribution in [0.1, 0.15) is 34.6 Å². The normalized spacial score (nSPS) is 16.5. The van der Waals surface area contributed by atoms with E-state index >= 15 is 0 Å². The predicted octanol–water partition coefficient (Wildman–Crippen LogP) is 2.33. The lowest BCUT2D eigenvalue weighted by atomic mass is 10.1. The molecule has 1 N–H and O–H groups in total. The number of morpholine rings is 1. The van der Waals surface area contributed by atoms with Crippen LogP contribution in [0.3, 0.4) is 0 Å². The summed E-state index contributed by atoms with van der Waals surface area (Å²) >= 11 is 2.07. The Kier molecular flexibility index (Phi) is 10.3. The van der Waals surface area contributed by atoms with Crippen molar-refractivity contribution < 1.29 is 28.5 Å². The summed E-state index contributed by atoms with van der Waals surface area (Å²) in [5.41, 5.74) is -0.179. The second kappa shape index (κ2) is 12.4. The van der Waals surface area contributed by atoms with Crippen molar-refractivity contribution in [3.8, 4) is 5.88 Å². The summed E-state index contributed by atoms with van der Waals surface area (Å²) in [6, 6.07) is 0. The van der Waals surface area contributed by atoms with Crippen LogP contribution in [0.25, 0.3) is 0 Å². The second-order valence-corrected chi connectivity index (χ2v) is 9.66. The van der Waals surface area contributed by atoms with Crippen LogP contribution in [0.4, 0.5) is 10.6 Å². The first-order valence-electron chi connectivity index (χ1n) is 10.3. The average molecular weight is 477 g/mol. The Labute approximate surface area is 191 Å². The molecule has 2 heterocycles. The zero-order valence-electron chi connectivity index (χ0n) is 18.7. The maximum Gasteiger partial charge on any atom is 0.368 e. The van der Waals surface area contributed by atoms with Crippen LogP contribution in [0.5, 0.6) is 5.88 Å². The zero-order valence-corrected chi connectivity index (χ0v) is 20.3. The van der Waals surface area contributed by atoms with E-state index in [1.165, 1.54) is 6.92 Å². The number of carbonyl (C=O) groups is 2. The van der Waals surface area contributed by atoms with Gasteiger partial charge in [-0.3, -0.25) is 0 Å². The minimum atomic E-state index is -1.01. The number of nitrogens with one attached hydrogen (secondary N) is 1. The molecule has 12 heteroatoms. The number of hydrogen-bond donors (Lipinski definition) is 1. The van der Waals surface area contributed by atoms with Gasteiger partial charge in [0, 0.05) is 30.9 Å². The Morgan fingerprint density at radius 1 is 1.26 bits per heavy atom. The fourth-order valence-corrected chi connectivity index (χ4v) is 3.53. The van der Waals surface area contributed by atoms with Gasteiger partial charge < -0.3 is 29.2 Å². The Morgan fingerprint density at radius 3 is 2.61 bits per heavy atom. The molecule has 31 heavy (non-hydrogen) atoms. The van der Waals surface area contributed by atoms with Crippen molar-refractivity contribution in [1.82, 2.24) is 14.1 Å². The van der Waals surface area contributed by atoms with Crippen molar-refractivity contribution >= 4 is 40.6 Å². The number of ether oxygens (including phenoxy) is 4. The zero-order chi connectivity index (χ0) is 22.9. The topological polar surface area (TPSA) is 112 Å². The number of thioether (sulfide) groups is 1. The lowest BCUT2D eigenvalue weighted by Crippen LogP contribution is -2.45. The summed E-state index contributed by atoms with van der Waals surface area (Å²) in [7, 11) is 0. The van der Waals surface area contributed by atoms with E-state index in [9.17, 15) is 9.59 Å². The molecule has 0 aromatic carbocycles. The van der Waals surface area contributed by atoms with Crippen LogP contribution in [-0.4, -0.2) is 83.0 Å². The van der Waals surface area contributed by atoms with E-state index < -0.39 is 23.5 Å². The Morgan fingerprint density at radius 2 is 1.97 bits per heavy atom. The monoisotopic (exact) mass is 476 g/mol. The van der Waals surface area contributed by atoms with Crippen LogP contribution >= 0.6 is 23.5 Å². The van der Waals surface area contributed by atoms with E-state index in [2.05, 4.69) is 19.0 Å². The van der Waals surface area contributed by atoms with Crippen LogP contribution in [0.15, 0.2) is 0 Å². The Hall–Kier alpha value is -1.63. The van der Waals surface area contributed by atoms with Crippen molar-refractivity contribution in [3.05, 3.63) is 0 Å². The van der Waals surface area contributed by atoms with Gasteiger partial charge in [-0.1, -0.05) is 6.92 Å². The number of hydrogen-bond acceptors (Lipinski definition) is 12. The van der Waals surface area contributed by atoms with Crippen molar-refractivity contribution in [2.75, 3.05) is 50.1 Å². The van der Waals surface area contributed by atoms with Crippen LogP contribution in [0.2, 0.25) is 0 Å². The maximum atomic E-state index is 12.5. The molecule has 10 nitrogen and oxygen atoms in total. The summed E-state index contributed by atoms with van der Waals surface area (Å²) in [4.78, 5) is 26.2. The molecule has 2 rings (SSSR count). The van der Waals surface area contributed by atoms with E-state index in [0.29, 0.717) is 50.3 Å².